The molecule has 0 atom stereocenters. The molecule has 0 unspecified atom stereocenters. The Hall–Kier alpha value is -3.60. The maximum atomic E-state index is 13.7. The zero-order chi connectivity index (χ0) is 24.4. The summed E-state index contributed by atoms with van der Waals surface area (Å²) < 4.78 is 32.3. The number of carbonyl (C=O) groups is 1. The molecule has 9 nitrogen and oxygen atoms in total. The monoisotopic (exact) mass is 472 g/mol. The van der Waals surface area contributed by atoms with Crippen LogP contribution in [0, 0.1) is 6.92 Å². The van der Waals surface area contributed by atoms with Gasteiger partial charge in [0.05, 0.1) is 23.8 Å². The average molecular weight is 472 g/mol. The van der Waals surface area contributed by atoms with E-state index in [4.69, 9.17) is 4.74 Å². The number of nitrogens with one attached hydrogen (secondary N) is 2. The molecule has 34 heavy (non-hydrogen) atoms. The number of alkyl halides is 2. The highest BCUT2D eigenvalue weighted by atomic mass is 19.3. The van der Waals surface area contributed by atoms with E-state index in [1.54, 1.807) is 6.07 Å². The van der Waals surface area contributed by atoms with Gasteiger partial charge in [0.2, 0.25) is 0 Å². The van der Waals surface area contributed by atoms with E-state index < -0.39 is 12.3 Å². The van der Waals surface area contributed by atoms with Crippen LogP contribution in [0.5, 0.6) is 5.88 Å². The average Bonchev–Trinajstić information content (AvgIpc) is 2.85. The Bertz CT molecular complexity index is 1270. The molecular weight excluding hydrogens is 446 g/mol. The van der Waals surface area contributed by atoms with Gasteiger partial charge >= 0.3 is 5.56 Å². The number of anilines is 1. The van der Waals surface area contributed by atoms with Crippen LogP contribution >= 0.6 is 0 Å². The number of hydrogen-bond donors (Lipinski definition) is 2. The smallest absolute Gasteiger partial charge is 0.311 e. The number of pyridine rings is 1. The zero-order valence-corrected chi connectivity index (χ0v) is 19.2. The van der Waals surface area contributed by atoms with Crippen molar-refractivity contribution < 1.29 is 18.3 Å². The van der Waals surface area contributed by atoms with Gasteiger partial charge in [-0.05, 0) is 36.2 Å². The number of benzene rings is 1. The quantitative estimate of drug-likeness (QED) is 0.567. The van der Waals surface area contributed by atoms with Gasteiger partial charge in [0, 0.05) is 39.8 Å². The lowest BCUT2D eigenvalue weighted by Crippen LogP contribution is -2.46. The summed E-state index contributed by atoms with van der Waals surface area (Å²) in [7, 11) is 2.84. The number of halogens is 2. The fourth-order valence-corrected chi connectivity index (χ4v) is 4.17. The minimum absolute atomic E-state index is 0.0248. The molecule has 1 aliphatic rings. The maximum absolute atomic E-state index is 13.7. The van der Waals surface area contributed by atoms with Crippen LogP contribution in [-0.2, 0) is 6.54 Å². The Morgan fingerprint density at radius 2 is 1.91 bits per heavy atom. The molecule has 0 saturated carbocycles. The van der Waals surface area contributed by atoms with Gasteiger partial charge in [0.1, 0.15) is 11.4 Å². The van der Waals surface area contributed by atoms with Gasteiger partial charge in [-0.15, -0.1) is 0 Å². The van der Waals surface area contributed by atoms with Crippen LogP contribution in [0.25, 0.3) is 11.0 Å². The number of carbonyl (C=O) groups excluding carboxylic acids is 1. The van der Waals surface area contributed by atoms with E-state index in [1.807, 2.05) is 24.0 Å². The molecule has 3 heterocycles. The van der Waals surface area contributed by atoms with Crippen LogP contribution in [0.3, 0.4) is 0 Å². The molecule has 0 aliphatic carbocycles. The minimum Gasteiger partial charge on any atom is -0.477 e. The van der Waals surface area contributed by atoms with Crippen LogP contribution in [-0.4, -0.2) is 66.1 Å². The van der Waals surface area contributed by atoms with Crippen LogP contribution in [0.4, 0.5) is 14.5 Å². The summed E-state index contributed by atoms with van der Waals surface area (Å²) in [5.74, 6) is -0.476. The Morgan fingerprint density at radius 1 is 1.18 bits per heavy atom. The molecule has 3 aromatic rings. The number of H-pyrrole nitrogens is 1. The summed E-state index contributed by atoms with van der Waals surface area (Å²) in [6.45, 7) is 5.00. The second-order valence-corrected chi connectivity index (χ2v) is 8.06. The highest BCUT2D eigenvalue weighted by Gasteiger charge is 2.25. The van der Waals surface area contributed by atoms with E-state index in [0.29, 0.717) is 49.4 Å². The summed E-state index contributed by atoms with van der Waals surface area (Å²) in [5, 5.41) is 2.40. The second-order valence-electron chi connectivity index (χ2n) is 8.06. The molecule has 0 bridgehead atoms. The van der Waals surface area contributed by atoms with Crippen molar-refractivity contribution in [2.24, 2.45) is 0 Å². The summed E-state index contributed by atoms with van der Waals surface area (Å²) in [6.07, 6.45) is -2.78. The van der Waals surface area contributed by atoms with Crippen molar-refractivity contribution in [1.29, 1.82) is 0 Å². The predicted molar refractivity (Wildman–Crippen MR) is 124 cm³/mol. The summed E-state index contributed by atoms with van der Waals surface area (Å²) in [6, 6.07) is 6.83. The fraction of sp³-hybridized carbons (Fsp3) is 0.391. The summed E-state index contributed by atoms with van der Waals surface area (Å²) in [5.41, 5.74) is 2.86. The van der Waals surface area contributed by atoms with Gasteiger partial charge in [0.25, 0.3) is 18.2 Å². The summed E-state index contributed by atoms with van der Waals surface area (Å²) >= 11 is 0. The van der Waals surface area contributed by atoms with Crippen molar-refractivity contribution in [2.75, 3.05) is 45.2 Å². The number of methoxy groups -OCH3 is 1. The number of aryl methyl sites for hydroxylation is 1. The van der Waals surface area contributed by atoms with Crippen molar-refractivity contribution in [2.45, 2.75) is 19.9 Å². The number of nitrogens with zero attached hydrogens (tertiary/aromatic N) is 4. The highest BCUT2D eigenvalue weighted by molar-refractivity contribution is 5.92. The molecule has 1 aliphatic heterocycles. The third kappa shape index (κ3) is 4.56. The molecule has 1 saturated heterocycles. The van der Waals surface area contributed by atoms with Crippen LogP contribution in [0.15, 0.2) is 29.1 Å². The molecule has 0 spiro atoms. The largest absolute Gasteiger partial charge is 0.477 e. The van der Waals surface area contributed by atoms with E-state index in [2.05, 4.69) is 25.2 Å². The van der Waals surface area contributed by atoms with Crippen molar-refractivity contribution in [3.8, 4) is 5.88 Å². The zero-order valence-electron chi connectivity index (χ0n) is 19.2. The number of rotatable bonds is 6. The number of hydrogen-bond acceptors (Lipinski definition) is 7. The molecular formula is C23H26F2N6O3. The fourth-order valence-electron chi connectivity index (χ4n) is 4.17. The van der Waals surface area contributed by atoms with Crippen molar-refractivity contribution in [1.82, 2.24) is 25.2 Å². The van der Waals surface area contributed by atoms with Crippen LogP contribution in [0.1, 0.15) is 33.7 Å². The lowest BCUT2D eigenvalue weighted by atomic mass is 10.1. The van der Waals surface area contributed by atoms with Crippen LogP contribution < -0.4 is 20.5 Å². The van der Waals surface area contributed by atoms with E-state index in [9.17, 15) is 18.4 Å². The van der Waals surface area contributed by atoms with Crippen molar-refractivity contribution >= 4 is 22.6 Å². The van der Waals surface area contributed by atoms with Crippen molar-refractivity contribution in [3.05, 3.63) is 57.1 Å². The number of aromatic nitrogens is 3. The first-order chi connectivity index (χ1) is 16.3. The Morgan fingerprint density at radius 3 is 2.56 bits per heavy atom. The number of piperazine rings is 1. The first-order valence-corrected chi connectivity index (χ1v) is 10.9. The topological polar surface area (TPSA) is 103 Å². The number of amides is 1. The second kappa shape index (κ2) is 9.72. The lowest BCUT2D eigenvalue weighted by molar-refractivity contribution is 0.0956. The molecule has 1 aromatic carbocycles. The SMILES string of the molecule is CNC(=O)c1ccc(N2CCN(Cc3ccc4nc(OC)c(=O)[nH]c4c3C)CC2)c(C(F)F)n1. The molecule has 11 heteroatoms. The minimum atomic E-state index is -2.78. The maximum Gasteiger partial charge on any atom is 0.311 e. The van der Waals surface area contributed by atoms with Gasteiger partial charge < -0.3 is 19.9 Å². The van der Waals surface area contributed by atoms with Gasteiger partial charge in [-0.25, -0.2) is 18.7 Å². The number of ether oxygens (including phenoxy) is 1. The molecule has 1 fully saturated rings. The van der Waals surface area contributed by atoms with Gasteiger partial charge in [-0.2, -0.15) is 0 Å². The first-order valence-electron chi connectivity index (χ1n) is 10.9. The van der Waals surface area contributed by atoms with Crippen LogP contribution in [0.2, 0.25) is 0 Å². The highest BCUT2D eigenvalue weighted by Crippen LogP contribution is 2.30. The molecule has 180 valence electrons. The predicted octanol–water partition coefficient (Wildman–Crippen LogP) is 2.25. The summed E-state index contributed by atoms with van der Waals surface area (Å²) in [4.78, 5) is 39.0. The van der Waals surface area contributed by atoms with Gasteiger partial charge in [0.15, 0.2) is 0 Å². The Kier molecular flexibility index (Phi) is 6.73. The molecule has 0 radical (unpaired) electrons. The third-order valence-corrected chi connectivity index (χ3v) is 6.08. The van der Waals surface area contributed by atoms with Gasteiger partial charge in [-0.3, -0.25) is 14.5 Å². The Balaban J connectivity index is 1.48. The molecule has 4 rings (SSSR count). The van der Waals surface area contributed by atoms with E-state index in [-0.39, 0.29) is 22.8 Å². The van der Waals surface area contributed by atoms with Crippen molar-refractivity contribution in [3.63, 3.8) is 0 Å². The van der Waals surface area contributed by atoms with E-state index >= 15 is 0 Å². The number of aromatic amines is 1. The van der Waals surface area contributed by atoms with E-state index in [1.165, 1.54) is 20.2 Å². The molecule has 1 amide bonds. The van der Waals surface area contributed by atoms with E-state index in [0.717, 1.165) is 11.1 Å². The molecule has 2 N–H and O–H groups in total. The first kappa shape index (κ1) is 23.6. The standard InChI is InChI=1S/C23H26F2N6O3/c1-13-14(4-5-15-18(13)29-22(33)23(28-15)34-3)12-30-8-10-31(11-9-30)17-7-6-16(21(32)26-2)27-19(17)20(24)25/h4-7,20H,8-12H2,1-3H3,(H,26,32)(H,29,33). The normalized spacial score (nSPS) is 14.6. The molecule has 2 aromatic heterocycles. The Labute approximate surface area is 194 Å². The van der Waals surface area contributed by atoms with Gasteiger partial charge in [-0.1, -0.05) is 6.07 Å². The lowest BCUT2D eigenvalue weighted by Gasteiger charge is -2.37. The number of fused-ring (bicyclic) bond motifs is 1. The third-order valence-electron chi connectivity index (χ3n) is 6.08.